The summed E-state index contributed by atoms with van der Waals surface area (Å²) >= 11 is 0. The SMILES string of the molecule is C[C@]1(CO)CC[C@@]2(CO)C(=C3C=C[C@@H]4[C@@]5(C)CC[C@H](O)[C@@](C)(CO)[C@@H]5CC[C@@]4(C)[C@]3(C)C[C@@H]2O)C1. The van der Waals surface area contributed by atoms with Crippen molar-refractivity contribution in [3.8, 4) is 0 Å². The predicted molar refractivity (Wildman–Crippen MR) is 136 cm³/mol. The van der Waals surface area contributed by atoms with Gasteiger partial charge in [0.25, 0.3) is 0 Å². The van der Waals surface area contributed by atoms with Crippen LogP contribution in [-0.4, -0.2) is 57.6 Å². The maximum Gasteiger partial charge on any atom is 0.0664 e. The Morgan fingerprint density at radius 1 is 0.829 bits per heavy atom. The zero-order valence-electron chi connectivity index (χ0n) is 22.5. The summed E-state index contributed by atoms with van der Waals surface area (Å²) < 4.78 is 0. The summed E-state index contributed by atoms with van der Waals surface area (Å²) in [4.78, 5) is 0. The van der Waals surface area contributed by atoms with Gasteiger partial charge in [-0.1, -0.05) is 52.3 Å². The Morgan fingerprint density at radius 2 is 1.54 bits per heavy atom. The van der Waals surface area contributed by atoms with Crippen molar-refractivity contribution in [2.24, 2.45) is 44.3 Å². The van der Waals surface area contributed by atoms with Gasteiger partial charge in [0.2, 0.25) is 0 Å². The predicted octanol–water partition coefficient (Wildman–Crippen LogP) is 3.98. The van der Waals surface area contributed by atoms with Gasteiger partial charge in [0.1, 0.15) is 0 Å². The minimum atomic E-state index is -0.609. The molecule has 0 amide bonds. The fraction of sp³-hybridized carbons (Fsp3) is 0.867. The van der Waals surface area contributed by atoms with Gasteiger partial charge in [0.05, 0.1) is 25.4 Å². The lowest BCUT2D eigenvalue weighted by Crippen LogP contribution is -2.65. The van der Waals surface area contributed by atoms with E-state index in [1.165, 1.54) is 11.1 Å². The number of hydrogen-bond acceptors (Lipinski definition) is 5. The molecule has 5 heteroatoms. The van der Waals surface area contributed by atoms with Gasteiger partial charge in [-0.05, 0) is 85.0 Å². The molecule has 0 aromatic heterocycles. The molecule has 35 heavy (non-hydrogen) atoms. The second-order valence-corrected chi connectivity index (χ2v) is 14.5. The zero-order chi connectivity index (χ0) is 25.7. The Labute approximate surface area is 211 Å². The zero-order valence-corrected chi connectivity index (χ0v) is 22.5. The Hall–Kier alpha value is -0.720. The molecule has 3 saturated carbocycles. The Morgan fingerprint density at radius 3 is 2.17 bits per heavy atom. The van der Waals surface area contributed by atoms with Gasteiger partial charge in [-0.2, -0.15) is 0 Å². The lowest BCUT2D eigenvalue weighted by atomic mass is 9.35. The molecule has 5 aliphatic carbocycles. The van der Waals surface area contributed by atoms with Crippen molar-refractivity contribution >= 4 is 0 Å². The molecule has 198 valence electrons. The first-order valence-corrected chi connectivity index (χ1v) is 13.9. The van der Waals surface area contributed by atoms with E-state index in [2.05, 4.69) is 46.8 Å². The quantitative estimate of drug-likeness (QED) is 0.414. The second-order valence-electron chi connectivity index (χ2n) is 14.5. The first-order valence-electron chi connectivity index (χ1n) is 13.9. The molecule has 0 heterocycles. The van der Waals surface area contributed by atoms with E-state index in [4.69, 9.17) is 0 Å². The average Bonchev–Trinajstić information content (AvgIpc) is 2.82. The van der Waals surface area contributed by atoms with E-state index in [1.807, 2.05) is 0 Å². The summed E-state index contributed by atoms with van der Waals surface area (Å²) in [5.74, 6) is 0.518. The van der Waals surface area contributed by atoms with Gasteiger partial charge in [-0.3, -0.25) is 0 Å². The normalized spacial score (nSPS) is 55.6. The van der Waals surface area contributed by atoms with E-state index in [1.54, 1.807) is 0 Å². The summed E-state index contributed by atoms with van der Waals surface area (Å²) in [6.07, 6.45) is 10.1. The Bertz CT molecular complexity index is 943. The number of aliphatic hydroxyl groups is 5. The minimum Gasteiger partial charge on any atom is -0.396 e. The first kappa shape index (κ1) is 25.9. The van der Waals surface area contributed by atoms with Gasteiger partial charge in [-0.15, -0.1) is 0 Å². The molecule has 0 spiro atoms. The van der Waals surface area contributed by atoms with Crippen LogP contribution in [-0.2, 0) is 0 Å². The molecule has 0 aromatic carbocycles. The Balaban J connectivity index is 1.67. The minimum absolute atomic E-state index is 0.00557. The van der Waals surface area contributed by atoms with E-state index in [0.717, 1.165) is 25.7 Å². The van der Waals surface area contributed by atoms with Crippen LogP contribution in [0.4, 0.5) is 0 Å². The largest absolute Gasteiger partial charge is 0.396 e. The smallest absolute Gasteiger partial charge is 0.0664 e. The molecule has 0 aliphatic heterocycles. The summed E-state index contributed by atoms with van der Waals surface area (Å²) in [7, 11) is 0. The molecule has 5 nitrogen and oxygen atoms in total. The van der Waals surface area contributed by atoms with E-state index in [9.17, 15) is 25.5 Å². The number of allylic oxidation sites excluding steroid dienone is 3. The van der Waals surface area contributed by atoms with Crippen LogP contribution in [0.2, 0.25) is 0 Å². The third kappa shape index (κ3) is 3.05. The van der Waals surface area contributed by atoms with E-state index < -0.39 is 23.0 Å². The topological polar surface area (TPSA) is 101 Å². The Kier molecular flexibility index (Phi) is 5.84. The highest BCUT2D eigenvalue weighted by molar-refractivity contribution is 5.47. The maximum absolute atomic E-state index is 11.7. The van der Waals surface area contributed by atoms with Gasteiger partial charge in [0, 0.05) is 22.9 Å². The molecule has 0 radical (unpaired) electrons. The molecule has 0 bridgehead atoms. The van der Waals surface area contributed by atoms with Crippen molar-refractivity contribution in [2.75, 3.05) is 19.8 Å². The van der Waals surface area contributed by atoms with Crippen LogP contribution in [0.5, 0.6) is 0 Å². The molecule has 0 unspecified atom stereocenters. The van der Waals surface area contributed by atoms with Crippen molar-refractivity contribution in [1.82, 2.24) is 0 Å². The molecule has 0 saturated heterocycles. The number of aliphatic hydroxyl groups excluding tert-OH is 5. The molecule has 5 rings (SSSR count). The van der Waals surface area contributed by atoms with Crippen LogP contribution < -0.4 is 0 Å². The molecule has 10 atom stereocenters. The molecular formula is C30H48O5. The standard InChI is InChI=1S/C30H48O5/c1-25(16-31)12-13-30(18-33)20(14-25)19-6-7-22-26(2)10-9-23(34)27(3,17-32)21(26)8-11-28(22,4)29(19,5)15-24(30)35/h6-7,21-24,31-35H,8-18H2,1-5H3/t21-,22-,23+,24+,25+,26+,27+,28-,29-,30-/m1/s1. The van der Waals surface area contributed by atoms with E-state index in [0.29, 0.717) is 25.7 Å². The van der Waals surface area contributed by atoms with Crippen molar-refractivity contribution in [2.45, 2.75) is 98.2 Å². The molecule has 0 aromatic rings. The summed E-state index contributed by atoms with van der Waals surface area (Å²) in [6, 6.07) is 0. The maximum atomic E-state index is 11.7. The van der Waals surface area contributed by atoms with Crippen LogP contribution in [0, 0.1) is 44.3 Å². The summed E-state index contributed by atoms with van der Waals surface area (Å²) in [5.41, 5.74) is 0.772. The fourth-order valence-electron chi connectivity index (χ4n) is 10.1. The fourth-order valence-corrected chi connectivity index (χ4v) is 10.1. The van der Waals surface area contributed by atoms with Crippen molar-refractivity contribution in [3.05, 3.63) is 23.3 Å². The molecule has 5 aliphatic rings. The van der Waals surface area contributed by atoms with Gasteiger partial charge in [-0.25, -0.2) is 0 Å². The van der Waals surface area contributed by atoms with Crippen molar-refractivity contribution in [3.63, 3.8) is 0 Å². The highest BCUT2D eigenvalue weighted by Gasteiger charge is 2.68. The van der Waals surface area contributed by atoms with Crippen LogP contribution in [0.15, 0.2) is 23.3 Å². The van der Waals surface area contributed by atoms with Gasteiger partial charge in [0.15, 0.2) is 0 Å². The summed E-state index contributed by atoms with van der Waals surface area (Å²) in [5, 5.41) is 53.9. The molecule has 3 fully saturated rings. The van der Waals surface area contributed by atoms with Crippen LogP contribution in [0.25, 0.3) is 0 Å². The van der Waals surface area contributed by atoms with Crippen LogP contribution in [0.3, 0.4) is 0 Å². The van der Waals surface area contributed by atoms with Gasteiger partial charge < -0.3 is 25.5 Å². The highest BCUT2D eigenvalue weighted by Crippen LogP contribution is 2.74. The van der Waals surface area contributed by atoms with Gasteiger partial charge >= 0.3 is 0 Å². The highest BCUT2D eigenvalue weighted by atomic mass is 16.3. The third-order valence-electron chi connectivity index (χ3n) is 12.9. The molecule has 5 N–H and O–H groups in total. The average molecular weight is 489 g/mol. The third-order valence-corrected chi connectivity index (χ3v) is 12.9. The van der Waals surface area contributed by atoms with E-state index >= 15 is 0 Å². The number of rotatable bonds is 3. The molecular weight excluding hydrogens is 440 g/mol. The number of fused-ring (bicyclic) bond motifs is 6. The summed E-state index contributed by atoms with van der Waals surface area (Å²) in [6.45, 7) is 11.4. The second kappa shape index (κ2) is 7.89. The van der Waals surface area contributed by atoms with Crippen molar-refractivity contribution in [1.29, 1.82) is 0 Å². The first-order chi connectivity index (χ1) is 16.3. The lowest BCUT2D eigenvalue weighted by Gasteiger charge is -2.70. The van der Waals surface area contributed by atoms with Crippen LogP contribution >= 0.6 is 0 Å². The van der Waals surface area contributed by atoms with Crippen molar-refractivity contribution < 1.29 is 25.5 Å². The number of hydrogen-bond donors (Lipinski definition) is 5. The van der Waals surface area contributed by atoms with Crippen LogP contribution in [0.1, 0.15) is 86.0 Å². The monoisotopic (exact) mass is 488 g/mol. The lowest BCUT2D eigenvalue weighted by molar-refractivity contribution is -0.203. The van der Waals surface area contributed by atoms with E-state index in [-0.39, 0.29) is 53.3 Å².